The fourth-order valence-corrected chi connectivity index (χ4v) is 2.97. The first kappa shape index (κ1) is 16.7. The molecule has 108 valence electrons. The minimum absolute atomic E-state index is 0.362. The lowest BCUT2D eigenvalue weighted by Gasteiger charge is -2.22. The molecule has 2 nitrogen and oxygen atoms in total. The minimum atomic E-state index is 0.362. The Morgan fingerprint density at radius 3 is 2.58 bits per heavy atom. The van der Waals surface area contributed by atoms with Crippen molar-refractivity contribution in [3.8, 4) is 0 Å². The molecule has 0 amide bonds. The fourth-order valence-electron chi connectivity index (χ4n) is 2.52. The maximum atomic E-state index is 5.74. The van der Waals surface area contributed by atoms with Crippen molar-refractivity contribution < 1.29 is 0 Å². The van der Waals surface area contributed by atoms with Gasteiger partial charge < -0.3 is 0 Å². The molecule has 0 aliphatic heterocycles. The molecule has 0 fully saturated rings. The maximum absolute atomic E-state index is 5.74. The second-order valence-electron chi connectivity index (χ2n) is 5.31. The summed E-state index contributed by atoms with van der Waals surface area (Å²) in [4.78, 5) is 0. The lowest BCUT2D eigenvalue weighted by atomic mass is 9.90. The molecule has 0 aliphatic carbocycles. The monoisotopic (exact) mass is 326 g/mol. The molecule has 0 radical (unpaired) electrons. The number of benzene rings is 1. The summed E-state index contributed by atoms with van der Waals surface area (Å²) in [5.74, 6) is 6.52. The van der Waals surface area contributed by atoms with E-state index in [-0.39, 0.29) is 0 Å². The minimum Gasteiger partial charge on any atom is -0.271 e. The molecular formula is C16H27BrN2. The van der Waals surface area contributed by atoms with Gasteiger partial charge in [0.1, 0.15) is 0 Å². The predicted octanol–water partition coefficient (Wildman–Crippen LogP) is 4.43. The molecule has 2 atom stereocenters. The van der Waals surface area contributed by atoms with Crippen LogP contribution in [0, 0.1) is 5.92 Å². The van der Waals surface area contributed by atoms with Gasteiger partial charge in [-0.2, -0.15) is 0 Å². The quantitative estimate of drug-likeness (QED) is 0.520. The van der Waals surface area contributed by atoms with E-state index < -0.39 is 0 Å². The lowest BCUT2D eigenvalue weighted by Crippen LogP contribution is -2.38. The molecule has 19 heavy (non-hydrogen) atoms. The highest BCUT2D eigenvalue weighted by Crippen LogP contribution is 2.23. The van der Waals surface area contributed by atoms with Crippen molar-refractivity contribution in [2.45, 2.75) is 58.4 Å². The van der Waals surface area contributed by atoms with Crippen molar-refractivity contribution in [3.63, 3.8) is 0 Å². The molecule has 1 aromatic carbocycles. The van der Waals surface area contributed by atoms with Crippen LogP contribution in [0.2, 0.25) is 0 Å². The molecule has 3 N–H and O–H groups in total. The summed E-state index contributed by atoms with van der Waals surface area (Å²) in [6.07, 6.45) is 7.32. The van der Waals surface area contributed by atoms with Crippen LogP contribution in [-0.4, -0.2) is 6.04 Å². The Morgan fingerprint density at radius 2 is 2.00 bits per heavy atom. The molecule has 0 heterocycles. The Bertz CT molecular complexity index is 354. The molecule has 0 aromatic heterocycles. The van der Waals surface area contributed by atoms with Crippen molar-refractivity contribution in [2.75, 3.05) is 0 Å². The fraction of sp³-hybridized carbons (Fsp3) is 0.625. The van der Waals surface area contributed by atoms with Crippen LogP contribution >= 0.6 is 15.9 Å². The van der Waals surface area contributed by atoms with Crippen LogP contribution in [0.15, 0.2) is 28.7 Å². The molecule has 3 heteroatoms. The third kappa shape index (κ3) is 6.07. The summed E-state index contributed by atoms with van der Waals surface area (Å²) in [6.45, 7) is 4.54. The zero-order valence-corrected chi connectivity index (χ0v) is 13.7. The first-order chi connectivity index (χ1) is 9.21. The average molecular weight is 327 g/mol. The Kier molecular flexibility index (Phi) is 8.35. The zero-order valence-electron chi connectivity index (χ0n) is 12.2. The van der Waals surface area contributed by atoms with Gasteiger partial charge in [0.05, 0.1) is 0 Å². The molecule has 2 unspecified atom stereocenters. The number of hydrogen-bond donors (Lipinski definition) is 2. The van der Waals surface area contributed by atoms with Crippen LogP contribution in [0.5, 0.6) is 0 Å². The molecule has 0 aliphatic rings. The van der Waals surface area contributed by atoms with Gasteiger partial charge in [-0.05, 0) is 30.4 Å². The predicted molar refractivity (Wildman–Crippen MR) is 86.9 cm³/mol. The van der Waals surface area contributed by atoms with Gasteiger partial charge in [-0.15, -0.1) is 0 Å². The Labute approximate surface area is 126 Å². The highest BCUT2D eigenvalue weighted by molar-refractivity contribution is 9.10. The van der Waals surface area contributed by atoms with Gasteiger partial charge in [-0.25, -0.2) is 0 Å². The van der Waals surface area contributed by atoms with Crippen LogP contribution in [0.1, 0.15) is 51.5 Å². The van der Waals surface area contributed by atoms with E-state index in [0.717, 1.165) is 18.8 Å². The normalized spacial score (nSPS) is 14.3. The van der Waals surface area contributed by atoms with E-state index >= 15 is 0 Å². The number of unbranched alkanes of at least 4 members (excludes halogenated alkanes) is 1. The van der Waals surface area contributed by atoms with Gasteiger partial charge in [0.25, 0.3) is 0 Å². The molecule has 1 rings (SSSR count). The van der Waals surface area contributed by atoms with E-state index in [4.69, 9.17) is 5.84 Å². The van der Waals surface area contributed by atoms with E-state index in [2.05, 4.69) is 59.5 Å². The van der Waals surface area contributed by atoms with Crippen LogP contribution < -0.4 is 11.3 Å². The summed E-state index contributed by atoms with van der Waals surface area (Å²) >= 11 is 3.61. The van der Waals surface area contributed by atoms with E-state index in [1.807, 2.05) is 0 Å². The third-order valence-electron chi connectivity index (χ3n) is 3.82. The summed E-state index contributed by atoms with van der Waals surface area (Å²) in [7, 11) is 0. The number of nitrogens with two attached hydrogens (primary N) is 1. The van der Waals surface area contributed by atoms with Gasteiger partial charge >= 0.3 is 0 Å². The van der Waals surface area contributed by atoms with Crippen LogP contribution in [0.25, 0.3) is 0 Å². The smallest absolute Gasteiger partial charge is 0.0253 e. The Balaban J connectivity index is 2.55. The summed E-state index contributed by atoms with van der Waals surface area (Å²) in [6, 6.07) is 8.76. The standard InChI is InChI=1S/C16H27BrN2/c1-3-5-8-13(4-2)11-15(19-18)12-14-9-6-7-10-16(14)17/h6-7,9-10,13,15,19H,3-5,8,11-12,18H2,1-2H3. The average Bonchev–Trinajstić information content (AvgIpc) is 2.44. The number of hydrogen-bond acceptors (Lipinski definition) is 2. The van der Waals surface area contributed by atoms with Crippen molar-refractivity contribution in [3.05, 3.63) is 34.3 Å². The van der Waals surface area contributed by atoms with Crippen LogP contribution in [0.3, 0.4) is 0 Å². The SMILES string of the molecule is CCCCC(CC)CC(Cc1ccccc1Br)NN. The number of halogens is 1. The van der Waals surface area contributed by atoms with Crippen LogP contribution in [-0.2, 0) is 6.42 Å². The Hall–Kier alpha value is -0.380. The summed E-state index contributed by atoms with van der Waals surface area (Å²) in [5, 5.41) is 0. The third-order valence-corrected chi connectivity index (χ3v) is 4.59. The van der Waals surface area contributed by atoms with Gasteiger partial charge in [-0.1, -0.05) is 73.7 Å². The van der Waals surface area contributed by atoms with E-state index in [1.54, 1.807) is 0 Å². The topological polar surface area (TPSA) is 38.0 Å². The second kappa shape index (κ2) is 9.51. The van der Waals surface area contributed by atoms with Crippen molar-refractivity contribution in [1.29, 1.82) is 0 Å². The largest absolute Gasteiger partial charge is 0.271 e. The van der Waals surface area contributed by atoms with Crippen molar-refractivity contribution in [2.24, 2.45) is 11.8 Å². The highest BCUT2D eigenvalue weighted by Gasteiger charge is 2.15. The first-order valence-corrected chi connectivity index (χ1v) is 8.20. The van der Waals surface area contributed by atoms with Crippen molar-refractivity contribution >= 4 is 15.9 Å². The molecule has 1 aromatic rings. The summed E-state index contributed by atoms with van der Waals surface area (Å²) < 4.78 is 1.18. The van der Waals surface area contributed by atoms with E-state index in [1.165, 1.54) is 35.7 Å². The zero-order chi connectivity index (χ0) is 14.1. The number of hydrazine groups is 1. The van der Waals surface area contributed by atoms with E-state index in [9.17, 15) is 0 Å². The summed E-state index contributed by atoms with van der Waals surface area (Å²) in [5.41, 5.74) is 4.33. The second-order valence-corrected chi connectivity index (χ2v) is 6.17. The number of nitrogens with one attached hydrogen (secondary N) is 1. The molecule has 0 spiro atoms. The highest BCUT2D eigenvalue weighted by atomic mass is 79.9. The van der Waals surface area contributed by atoms with Gasteiger partial charge in [0.15, 0.2) is 0 Å². The molecular weight excluding hydrogens is 300 g/mol. The van der Waals surface area contributed by atoms with Crippen molar-refractivity contribution in [1.82, 2.24) is 5.43 Å². The number of rotatable bonds is 9. The van der Waals surface area contributed by atoms with Gasteiger partial charge in [-0.3, -0.25) is 11.3 Å². The maximum Gasteiger partial charge on any atom is 0.0253 e. The lowest BCUT2D eigenvalue weighted by molar-refractivity contribution is 0.349. The molecule has 0 saturated carbocycles. The first-order valence-electron chi connectivity index (χ1n) is 7.40. The van der Waals surface area contributed by atoms with Gasteiger partial charge in [0, 0.05) is 10.5 Å². The molecule has 0 saturated heterocycles. The molecule has 0 bridgehead atoms. The van der Waals surface area contributed by atoms with Crippen LogP contribution in [0.4, 0.5) is 0 Å². The van der Waals surface area contributed by atoms with E-state index in [0.29, 0.717) is 6.04 Å². The Morgan fingerprint density at radius 1 is 1.26 bits per heavy atom. The van der Waals surface area contributed by atoms with Gasteiger partial charge in [0.2, 0.25) is 0 Å².